The number of carbonyl (C=O) groups excluding carboxylic acids is 2. The van der Waals surface area contributed by atoms with E-state index in [-0.39, 0.29) is 18.4 Å². The number of ether oxygens (including phenoxy) is 1. The van der Waals surface area contributed by atoms with Crippen molar-refractivity contribution < 1.29 is 18.7 Å². The van der Waals surface area contributed by atoms with Gasteiger partial charge >= 0.3 is 11.6 Å². The number of benzene rings is 2. The van der Waals surface area contributed by atoms with E-state index in [1.54, 1.807) is 24.3 Å². The van der Waals surface area contributed by atoms with Gasteiger partial charge in [-0.3, -0.25) is 4.79 Å². The molecule has 3 rings (SSSR count). The molecule has 0 unspecified atom stereocenters. The van der Waals surface area contributed by atoms with Gasteiger partial charge in [-0.25, -0.2) is 9.59 Å². The summed E-state index contributed by atoms with van der Waals surface area (Å²) in [5, 5.41) is 3.47. The second-order valence-electron chi connectivity index (χ2n) is 7.76. The molecule has 0 saturated carbocycles. The monoisotopic (exact) mass is 485 g/mol. The molecule has 162 valence electrons. The number of fused-ring (bicyclic) bond motifs is 1. The van der Waals surface area contributed by atoms with E-state index in [1.807, 2.05) is 39.8 Å². The second kappa shape index (κ2) is 9.47. The van der Waals surface area contributed by atoms with Crippen molar-refractivity contribution in [3.63, 3.8) is 0 Å². The highest BCUT2D eigenvalue weighted by Gasteiger charge is 2.27. The van der Waals surface area contributed by atoms with Gasteiger partial charge in [0.05, 0.1) is 5.56 Å². The molecule has 1 N–H and O–H groups in total. The largest absolute Gasteiger partial charge is 0.459 e. The van der Waals surface area contributed by atoms with E-state index in [1.165, 1.54) is 6.07 Å². The Bertz CT molecular complexity index is 1200. The smallest absolute Gasteiger partial charge is 0.336 e. The average molecular weight is 486 g/mol. The first-order chi connectivity index (χ1) is 14.7. The Kier molecular flexibility index (Phi) is 6.95. The van der Waals surface area contributed by atoms with Crippen LogP contribution in [0.4, 0.5) is 0 Å². The first-order valence-corrected chi connectivity index (χ1v) is 10.7. The molecular formula is C24H24BrNO5. The highest BCUT2D eigenvalue weighted by Crippen LogP contribution is 2.24. The maximum absolute atomic E-state index is 12.8. The van der Waals surface area contributed by atoms with Crippen molar-refractivity contribution >= 4 is 38.8 Å². The molecule has 6 nitrogen and oxygen atoms in total. The Labute approximate surface area is 188 Å². The lowest BCUT2D eigenvalue weighted by Gasteiger charge is -2.21. The van der Waals surface area contributed by atoms with Crippen LogP contribution in [0.25, 0.3) is 11.0 Å². The Morgan fingerprint density at radius 2 is 1.84 bits per heavy atom. The normalized spacial score (nSPS) is 12.1. The van der Waals surface area contributed by atoms with Gasteiger partial charge in [0.2, 0.25) is 0 Å². The number of nitrogens with one attached hydrogen (secondary N) is 1. The van der Waals surface area contributed by atoms with E-state index in [9.17, 15) is 14.4 Å². The van der Waals surface area contributed by atoms with Gasteiger partial charge in [0.15, 0.2) is 0 Å². The lowest BCUT2D eigenvalue weighted by Crippen LogP contribution is -2.45. The number of hydrogen-bond donors (Lipinski definition) is 1. The van der Waals surface area contributed by atoms with E-state index in [2.05, 4.69) is 21.2 Å². The molecule has 2 aromatic carbocycles. The Morgan fingerprint density at radius 1 is 1.13 bits per heavy atom. The third kappa shape index (κ3) is 5.05. The fourth-order valence-corrected chi connectivity index (χ4v) is 3.71. The van der Waals surface area contributed by atoms with Crippen LogP contribution in [0.5, 0.6) is 0 Å². The van der Waals surface area contributed by atoms with E-state index in [4.69, 9.17) is 9.15 Å². The third-order valence-electron chi connectivity index (χ3n) is 5.21. The summed E-state index contributed by atoms with van der Waals surface area (Å²) in [5.41, 5.74) is 2.83. The van der Waals surface area contributed by atoms with Crippen molar-refractivity contribution in [1.82, 2.24) is 5.32 Å². The molecule has 1 amide bonds. The predicted molar refractivity (Wildman–Crippen MR) is 122 cm³/mol. The van der Waals surface area contributed by atoms with Crippen LogP contribution in [0.3, 0.4) is 0 Å². The number of rotatable bonds is 6. The Balaban J connectivity index is 1.80. The molecule has 0 aliphatic heterocycles. The fraction of sp³-hybridized carbons (Fsp3) is 0.292. The zero-order valence-corrected chi connectivity index (χ0v) is 19.4. The molecule has 1 atom stereocenters. The lowest BCUT2D eigenvalue weighted by atomic mass is 10.0. The molecule has 0 aliphatic rings. The second-order valence-corrected chi connectivity index (χ2v) is 8.61. The van der Waals surface area contributed by atoms with E-state index in [0.717, 1.165) is 11.1 Å². The highest BCUT2D eigenvalue weighted by molar-refractivity contribution is 9.10. The lowest BCUT2D eigenvalue weighted by molar-refractivity contribution is -0.148. The van der Waals surface area contributed by atoms with Crippen molar-refractivity contribution in [2.45, 2.75) is 40.3 Å². The molecule has 0 aliphatic carbocycles. The van der Waals surface area contributed by atoms with Gasteiger partial charge in [0.25, 0.3) is 5.91 Å². The minimum atomic E-state index is -0.838. The summed E-state index contributed by atoms with van der Waals surface area (Å²) in [5.74, 6) is -1.14. The topological polar surface area (TPSA) is 85.6 Å². The van der Waals surface area contributed by atoms with Crippen LogP contribution < -0.4 is 10.9 Å². The Morgan fingerprint density at radius 3 is 2.52 bits per heavy atom. The summed E-state index contributed by atoms with van der Waals surface area (Å²) in [4.78, 5) is 37.5. The molecule has 0 radical (unpaired) electrons. The van der Waals surface area contributed by atoms with E-state index >= 15 is 0 Å². The third-order valence-corrected chi connectivity index (χ3v) is 5.90. The van der Waals surface area contributed by atoms with Crippen LogP contribution in [0, 0.1) is 19.8 Å². The number of amides is 1. The number of esters is 1. The van der Waals surface area contributed by atoms with Crippen LogP contribution in [0.2, 0.25) is 0 Å². The van der Waals surface area contributed by atoms with Gasteiger partial charge in [-0.05, 0) is 59.0 Å². The zero-order valence-electron chi connectivity index (χ0n) is 17.8. The fourth-order valence-electron chi connectivity index (χ4n) is 3.24. The van der Waals surface area contributed by atoms with Gasteiger partial charge in [0, 0.05) is 21.5 Å². The zero-order chi connectivity index (χ0) is 22.7. The molecular weight excluding hydrogens is 462 g/mol. The Hall–Kier alpha value is -2.93. The van der Waals surface area contributed by atoms with Gasteiger partial charge in [-0.1, -0.05) is 38.1 Å². The number of hydrogen-bond acceptors (Lipinski definition) is 5. The minimum Gasteiger partial charge on any atom is -0.459 e. The van der Waals surface area contributed by atoms with Crippen LogP contribution in [-0.2, 0) is 16.1 Å². The standard InChI is InChI=1S/C24H24BrNO5/c1-13(2)21(26-23(28)18-7-5-6-8-19(18)25)24(29)30-12-16-11-20(27)31-22-15(4)14(3)9-10-17(16)22/h5-11,13,21H,12H2,1-4H3,(H,26,28)/t21-/m1/s1. The quantitative estimate of drug-likeness (QED) is 0.404. The summed E-state index contributed by atoms with van der Waals surface area (Å²) in [7, 11) is 0. The summed E-state index contributed by atoms with van der Waals surface area (Å²) < 4.78 is 11.5. The molecule has 1 aromatic heterocycles. The average Bonchev–Trinajstić information content (AvgIpc) is 2.73. The minimum absolute atomic E-state index is 0.0996. The summed E-state index contributed by atoms with van der Waals surface area (Å²) >= 11 is 3.35. The number of carbonyl (C=O) groups is 2. The maximum Gasteiger partial charge on any atom is 0.336 e. The number of aryl methyl sites for hydroxylation is 2. The van der Waals surface area contributed by atoms with Crippen LogP contribution in [0.1, 0.15) is 40.9 Å². The van der Waals surface area contributed by atoms with Crippen LogP contribution >= 0.6 is 15.9 Å². The van der Waals surface area contributed by atoms with Crippen molar-refractivity contribution in [2.24, 2.45) is 5.92 Å². The predicted octanol–water partition coefficient (Wildman–Crippen LogP) is 4.67. The summed E-state index contributed by atoms with van der Waals surface area (Å²) in [6.07, 6.45) is 0. The van der Waals surface area contributed by atoms with Crippen molar-refractivity contribution in [3.05, 3.63) is 79.6 Å². The number of halogens is 1. The molecule has 0 saturated heterocycles. The van der Waals surface area contributed by atoms with Crippen LogP contribution in [-0.4, -0.2) is 17.9 Å². The van der Waals surface area contributed by atoms with E-state index < -0.39 is 17.6 Å². The highest BCUT2D eigenvalue weighted by atomic mass is 79.9. The molecule has 3 aromatic rings. The molecule has 1 heterocycles. The van der Waals surface area contributed by atoms with Gasteiger partial charge in [-0.2, -0.15) is 0 Å². The first-order valence-electron chi connectivity index (χ1n) is 9.94. The summed E-state index contributed by atoms with van der Waals surface area (Å²) in [6, 6.07) is 11.2. The first kappa shape index (κ1) is 22.7. The molecule has 0 bridgehead atoms. The molecule has 7 heteroatoms. The molecule has 31 heavy (non-hydrogen) atoms. The summed E-state index contributed by atoms with van der Waals surface area (Å²) in [6.45, 7) is 7.36. The van der Waals surface area contributed by atoms with E-state index in [0.29, 0.717) is 26.6 Å². The van der Waals surface area contributed by atoms with Crippen molar-refractivity contribution in [1.29, 1.82) is 0 Å². The maximum atomic E-state index is 12.8. The van der Waals surface area contributed by atoms with Gasteiger partial charge in [0.1, 0.15) is 18.2 Å². The SMILES string of the molecule is Cc1ccc2c(COC(=O)[C@H](NC(=O)c3ccccc3Br)C(C)C)cc(=O)oc2c1C. The molecule has 0 spiro atoms. The molecule has 0 fully saturated rings. The van der Waals surface area contributed by atoms with Gasteiger partial charge in [-0.15, -0.1) is 0 Å². The van der Waals surface area contributed by atoms with Crippen LogP contribution in [0.15, 0.2) is 56.1 Å². The van der Waals surface area contributed by atoms with Crippen molar-refractivity contribution in [3.8, 4) is 0 Å². The van der Waals surface area contributed by atoms with Crippen molar-refractivity contribution in [2.75, 3.05) is 0 Å². The van der Waals surface area contributed by atoms with Gasteiger partial charge < -0.3 is 14.5 Å².